The van der Waals surface area contributed by atoms with Crippen LogP contribution < -0.4 is 11.1 Å². The number of nitrogens with two attached hydrogens (primary N) is 1. The fourth-order valence-electron chi connectivity index (χ4n) is 2.18. The minimum Gasteiger partial charge on any atom is -0.387 e. The Labute approximate surface area is 105 Å². The van der Waals surface area contributed by atoms with Crippen molar-refractivity contribution >= 4 is 17.2 Å². The zero-order valence-electron chi connectivity index (χ0n) is 9.69. The van der Waals surface area contributed by atoms with Crippen molar-refractivity contribution in [2.24, 2.45) is 5.73 Å². The summed E-state index contributed by atoms with van der Waals surface area (Å²) in [5, 5.41) is 16.4. The van der Waals surface area contributed by atoms with Crippen LogP contribution in [0, 0.1) is 0 Å². The minimum atomic E-state index is -0.714. The molecule has 0 aromatic carbocycles. The zero-order chi connectivity index (χ0) is 12.3. The highest BCUT2D eigenvalue weighted by atomic mass is 32.1. The van der Waals surface area contributed by atoms with E-state index in [9.17, 15) is 9.90 Å². The second kappa shape index (κ2) is 5.16. The molecule has 4 nitrogen and oxygen atoms in total. The maximum absolute atomic E-state index is 11.9. The highest BCUT2D eigenvalue weighted by Gasteiger charge is 2.36. The number of carbonyl (C=O) groups excluding carboxylic acids is 1. The number of nitrogens with one attached hydrogen (secondary N) is 1. The first-order valence-corrected chi connectivity index (χ1v) is 6.83. The van der Waals surface area contributed by atoms with Crippen molar-refractivity contribution in [3.8, 4) is 0 Å². The summed E-state index contributed by atoms with van der Waals surface area (Å²) in [6.45, 7) is 0.231. The first-order chi connectivity index (χ1) is 8.12. The lowest BCUT2D eigenvalue weighted by molar-refractivity contribution is -0.126. The first-order valence-electron chi connectivity index (χ1n) is 5.89. The van der Waals surface area contributed by atoms with Crippen LogP contribution in [0.25, 0.3) is 0 Å². The normalized spacial score (nSPS) is 20.1. The van der Waals surface area contributed by atoms with Gasteiger partial charge in [-0.1, -0.05) is 12.8 Å². The van der Waals surface area contributed by atoms with Gasteiger partial charge in [0.2, 0.25) is 5.91 Å². The van der Waals surface area contributed by atoms with Crippen molar-refractivity contribution in [2.75, 3.05) is 6.54 Å². The van der Waals surface area contributed by atoms with E-state index >= 15 is 0 Å². The summed E-state index contributed by atoms with van der Waals surface area (Å²) < 4.78 is 0. The van der Waals surface area contributed by atoms with Gasteiger partial charge in [-0.25, -0.2) is 0 Å². The van der Waals surface area contributed by atoms with Gasteiger partial charge in [-0.2, -0.15) is 11.3 Å². The van der Waals surface area contributed by atoms with E-state index in [0.717, 1.165) is 31.2 Å². The Bertz CT molecular complexity index is 372. The molecule has 0 radical (unpaired) electrons. The molecule has 1 heterocycles. The lowest BCUT2D eigenvalue weighted by atomic mass is 9.98. The molecule has 1 amide bonds. The predicted molar refractivity (Wildman–Crippen MR) is 67.7 cm³/mol. The fraction of sp³-hybridized carbons (Fsp3) is 0.583. The van der Waals surface area contributed by atoms with Gasteiger partial charge in [-0.3, -0.25) is 4.79 Å². The van der Waals surface area contributed by atoms with Crippen LogP contribution in [0.3, 0.4) is 0 Å². The second-order valence-electron chi connectivity index (χ2n) is 4.65. The number of amides is 1. The quantitative estimate of drug-likeness (QED) is 0.755. The molecule has 1 atom stereocenters. The third-order valence-electron chi connectivity index (χ3n) is 3.33. The maximum Gasteiger partial charge on any atom is 0.240 e. The summed E-state index contributed by atoms with van der Waals surface area (Å²) in [6, 6.07) is 1.86. The molecular weight excluding hydrogens is 236 g/mol. The average molecular weight is 254 g/mol. The van der Waals surface area contributed by atoms with Crippen LogP contribution in [0.1, 0.15) is 37.4 Å². The largest absolute Gasteiger partial charge is 0.387 e. The number of hydrogen-bond donors (Lipinski definition) is 3. The van der Waals surface area contributed by atoms with E-state index in [0.29, 0.717) is 0 Å². The van der Waals surface area contributed by atoms with Gasteiger partial charge in [-0.05, 0) is 35.2 Å². The maximum atomic E-state index is 11.9. The summed E-state index contributed by atoms with van der Waals surface area (Å²) in [5.41, 5.74) is 6.14. The van der Waals surface area contributed by atoms with Gasteiger partial charge in [0.15, 0.2) is 0 Å². The number of aliphatic hydroxyl groups is 1. The molecule has 5 heteroatoms. The summed E-state index contributed by atoms with van der Waals surface area (Å²) in [4.78, 5) is 11.9. The molecule has 1 fully saturated rings. The predicted octanol–water partition coefficient (Wildman–Crippen LogP) is 1.17. The van der Waals surface area contributed by atoms with Gasteiger partial charge >= 0.3 is 0 Å². The molecule has 1 saturated carbocycles. The Balaban J connectivity index is 1.84. The summed E-state index contributed by atoms with van der Waals surface area (Å²) >= 11 is 1.53. The highest BCUT2D eigenvalue weighted by Crippen LogP contribution is 2.27. The van der Waals surface area contributed by atoms with Crippen LogP contribution in [0.2, 0.25) is 0 Å². The molecule has 4 N–H and O–H groups in total. The number of hydrogen-bond acceptors (Lipinski definition) is 4. The van der Waals surface area contributed by atoms with Crippen LogP contribution >= 0.6 is 11.3 Å². The Morgan fingerprint density at radius 3 is 2.88 bits per heavy atom. The van der Waals surface area contributed by atoms with E-state index in [1.807, 2.05) is 16.8 Å². The SMILES string of the molecule is NC1(C(=O)NCC(O)c2ccsc2)CCCC1. The lowest BCUT2D eigenvalue weighted by Gasteiger charge is -2.23. The van der Waals surface area contributed by atoms with Crippen LogP contribution in [-0.4, -0.2) is 23.1 Å². The van der Waals surface area contributed by atoms with Gasteiger partial charge in [0.05, 0.1) is 11.6 Å². The summed E-state index contributed by atoms with van der Waals surface area (Å²) in [5.74, 6) is -0.135. The zero-order valence-corrected chi connectivity index (χ0v) is 10.5. The van der Waals surface area contributed by atoms with Crippen molar-refractivity contribution in [2.45, 2.75) is 37.3 Å². The monoisotopic (exact) mass is 254 g/mol. The molecule has 0 bridgehead atoms. The highest BCUT2D eigenvalue weighted by molar-refractivity contribution is 7.07. The van der Waals surface area contributed by atoms with Gasteiger partial charge < -0.3 is 16.2 Å². The second-order valence-corrected chi connectivity index (χ2v) is 5.43. The number of aliphatic hydroxyl groups excluding tert-OH is 1. The van der Waals surface area contributed by atoms with E-state index in [4.69, 9.17) is 5.73 Å². The molecule has 0 aliphatic heterocycles. The first kappa shape index (κ1) is 12.5. The number of rotatable bonds is 4. The molecule has 1 aliphatic rings. The van der Waals surface area contributed by atoms with Gasteiger partial charge in [0.25, 0.3) is 0 Å². The van der Waals surface area contributed by atoms with Gasteiger partial charge in [-0.15, -0.1) is 0 Å². The lowest BCUT2D eigenvalue weighted by Crippen LogP contribution is -2.52. The van der Waals surface area contributed by atoms with E-state index in [1.165, 1.54) is 11.3 Å². The van der Waals surface area contributed by atoms with E-state index < -0.39 is 11.6 Å². The molecule has 94 valence electrons. The Morgan fingerprint density at radius 1 is 1.59 bits per heavy atom. The van der Waals surface area contributed by atoms with E-state index in [2.05, 4.69) is 5.32 Å². The smallest absolute Gasteiger partial charge is 0.240 e. The standard InChI is InChI=1S/C12H18N2O2S/c13-12(4-1-2-5-12)11(16)14-7-10(15)9-3-6-17-8-9/h3,6,8,10,15H,1-2,4-5,7,13H2,(H,14,16). The number of carbonyl (C=O) groups is 1. The van der Waals surface area contributed by atoms with Crippen molar-refractivity contribution in [3.05, 3.63) is 22.4 Å². The molecule has 0 spiro atoms. The van der Waals surface area contributed by atoms with Crippen molar-refractivity contribution in [1.82, 2.24) is 5.32 Å². The molecule has 17 heavy (non-hydrogen) atoms. The Kier molecular flexibility index (Phi) is 3.81. The Morgan fingerprint density at radius 2 is 2.29 bits per heavy atom. The van der Waals surface area contributed by atoms with Crippen LogP contribution in [0.4, 0.5) is 0 Å². The molecule has 1 aromatic heterocycles. The number of thiophene rings is 1. The van der Waals surface area contributed by atoms with Crippen LogP contribution in [-0.2, 0) is 4.79 Å². The van der Waals surface area contributed by atoms with Gasteiger partial charge in [0, 0.05) is 6.54 Å². The van der Waals surface area contributed by atoms with Gasteiger partial charge in [0.1, 0.15) is 0 Å². The van der Waals surface area contributed by atoms with E-state index in [-0.39, 0.29) is 12.5 Å². The summed E-state index contributed by atoms with van der Waals surface area (Å²) in [7, 11) is 0. The van der Waals surface area contributed by atoms with Crippen molar-refractivity contribution in [3.63, 3.8) is 0 Å². The summed E-state index contributed by atoms with van der Waals surface area (Å²) in [6.07, 6.45) is 2.87. The minimum absolute atomic E-state index is 0.135. The molecule has 1 aromatic rings. The molecular formula is C12H18N2O2S. The van der Waals surface area contributed by atoms with Crippen LogP contribution in [0.15, 0.2) is 16.8 Å². The average Bonchev–Trinajstić information content (AvgIpc) is 2.96. The van der Waals surface area contributed by atoms with Crippen molar-refractivity contribution in [1.29, 1.82) is 0 Å². The van der Waals surface area contributed by atoms with E-state index in [1.54, 1.807) is 0 Å². The molecule has 1 unspecified atom stereocenters. The fourth-order valence-corrected chi connectivity index (χ4v) is 2.89. The topological polar surface area (TPSA) is 75.4 Å². The third kappa shape index (κ3) is 2.86. The molecule has 2 rings (SSSR count). The Hall–Kier alpha value is -0.910. The third-order valence-corrected chi connectivity index (χ3v) is 4.03. The van der Waals surface area contributed by atoms with Crippen LogP contribution in [0.5, 0.6) is 0 Å². The van der Waals surface area contributed by atoms with Crippen molar-refractivity contribution < 1.29 is 9.90 Å². The molecule has 1 aliphatic carbocycles. The molecule has 0 saturated heterocycles.